The van der Waals surface area contributed by atoms with Crippen LogP contribution in [0.4, 0.5) is 16.2 Å². The molecule has 2 rings (SSSR count). The molecule has 0 radical (unpaired) electrons. The van der Waals surface area contributed by atoms with E-state index in [1.807, 2.05) is 30.3 Å². The van der Waals surface area contributed by atoms with E-state index in [1.165, 1.54) is 12.1 Å². The van der Waals surface area contributed by atoms with Crippen molar-refractivity contribution in [3.05, 3.63) is 58.1 Å². The van der Waals surface area contributed by atoms with Crippen LogP contribution in [0.3, 0.4) is 0 Å². The number of amides is 2. The second-order valence-corrected chi connectivity index (χ2v) is 6.31. The lowest BCUT2D eigenvalue weighted by molar-refractivity contribution is -0.116. The molecule has 0 unspecified atom stereocenters. The zero-order valence-electron chi connectivity index (χ0n) is 13.9. The van der Waals surface area contributed by atoms with E-state index < -0.39 is 6.09 Å². The highest BCUT2D eigenvalue weighted by atomic mass is 35.5. The molecule has 2 aromatic carbocycles. The predicted octanol–water partition coefficient (Wildman–Crippen LogP) is 4.22. The summed E-state index contributed by atoms with van der Waals surface area (Å²) in [5.41, 5.74) is 7.42. The van der Waals surface area contributed by atoms with Gasteiger partial charge in [-0.05, 0) is 24.1 Å². The van der Waals surface area contributed by atoms with E-state index in [9.17, 15) is 9.59 Å². The minimum Gasteiger partial charge on any atom is -0.445 e. The molecule has 0 saturated carbocycles. The number of nitrogen functional groups attached to an aromatic ring is 1. The number of benzene rings is 2. The minimum absolute atomic E-state index is 0.198. The Kier molecular flexibility index (Phi) is 7.56. The first-order chi connectivity index (χ1) is 12.5. The molecule has 4 N–H and O–H groups in total. The van der Waals surface area contributed by atoms with E-state index in [1.54, 1.807) is 0 Å². The number of rotatable bonds is 7. The van der Waals surface area contributed by atoms with Gasteiger partial charge in [-0.2, -0.15) is 0 Å². The molecule has 2 amide bonds. The molecular weight excluding hydrogens is 377 g/mol. The molecule has 0 saturated heterocycles. The molecular formula is C18H19Cl2N3O3. The molecule has 0 bridgehead atoms. The average molecular weight is 396 g/mol. The second kappa shape index (κ2) is 9.89. The Morgan fingerprint density at radius 1 is 1.08 bits per heavy atom. The largest absolute Gasteiger partial charge is 0.445 e. The summed E-state index contributed by atoms with van der Waals surface area (Å²) in [5, 5.41) is 5.88. The van der Waals surface area contributed by atoms with Crippen LogP contribution in [0.15, 0.2) is 42.5 Å². The van der Waals surface area contributed by atoms with Crippen molar-refractivity contribution in [1.29, 1.82) is 0 Å². The summed E-state index contributed by atoms with van der Waals surface area (Å²) < 4.78 is 5.08. The van der Waals surface area contributed by atoms with Crippen LogP contribution in [0.5, 0.6) is 0 Å². The number of nitrogens with one attached hydrogen (secondary N) is 2. The van der Waals surface area contributed by atoms with E-state index in [-0.39, 0.29) is 18.9 Å². The van der Waals surface area contributed by atoms with Crippen molar-refractivity contribution in [3.8, 4) is 0 Å². The highest BCUT2D eigenvalue weighted by molar-refractivity contribution is 6.42. The fraction of sp³-hybridized carbons (Fsp3) is 0.222. The monoisotopic (exact) mass is 395 g/mol. The molecule has 2 aromatic rings. The van der Waals surface area contributed by atoms with E-state index >= 15 is 0 Å². The molecule has 0 aliphatic rings. The Morgan fingerprint density at radius 2 is 1.77 bits per heavy atom. The molecule has 0 aromatic heterocycles. The van der Waals surface area contributed by atoms with E-state index in [2.05, 4.69) is 10.6 Å². The Balaban J connectivity index is 1.65. The maximum Gasteiger partial charge on any atom is 0.407 e. The van der Waals surface area contributed by atoms with Crippen molar-refractivity contribution in [2.45, 2.75) is 19.4 Å². The number of ether oxygens (including phenoxy) is 1. The van der Waals surface area contributed by atoms with Crippen LogP contribution in [-0.4, -0.2) is 18.5 Å². The van der Waals surface area contributed by atoms with Gasteiger partial charge in [0.25, 0.3) is 0 Å². The Bertz CT molecular complexity index is 770. The fourth-order valence-corrected chi connectivity index (χ4v) is 2.43. The number of hydrogen-bond acceptors (Lipinski definition) is 4. The number of carbonyl (C=O) groups is 2. The zero-order valence-corrected chi connectivity index (χ0v) is 15.4. The third-order valence-electron chi connectivity index (χ3n) is 3.43. The molecule has 0 aliphatic heterocycles. The van der Waals surface area contributed by atoms with Gasteiger partial charge < -0.3 is 21.1 Å². The van der Waals surface area contributed by atoms with Crippen molar-refractivity contribution in [2.75, 3.05) is 17.6 Å². The Morgan fingerprint density at radius 3 is 2.50 bits per heavy atom. The first-order valence-electron chi connectivity index (χ1n) is 7.94. The van der Waals surface area contributed by atoms with Crippen molar-refractivity contribution < 1.29 is 14.3 Å². The molecule has 0 aliphatic carbocycles. The Labute approximate surface area is 161 Å². The van der Waals surface area contributed by atoms with Gasteiger partial charge in [-0.1, -0.05) is 53.5 Å². The van der Waals surface area contributed by atoms with Gasteiger partial charge >= 0.3 is 6.09 Å². The maximum absolute atomic E-state index is 11.9. The standard InChI is InChI=1S/C18H19Cl2N3O3/c19-13-9-15(21)16(10-14(13)20)23-17(24)7-4-8-22-18(25)26-11-12-5-2-1-3-6-12/h1-3,5-6,9-10H,4,7-8,11,21H2,(H,22,25)(H,23,24). The lowest BCUT2D eigenvalue weighted by atomic mass is 10.2. The molecule has 8 heteroatoms. The van der Waals surface area contributed by atoms with Gasteiger partial charge in [0, 0.05) is 13.0 Å². The van der Waals surface area contributed by atoms with E-state index in [4.69, 9.17) is 33.7 Å². The molecule has 0 spiro atoms. The van der Waals surface area contributed by atoms with Gasteiger partial charge in [-0.15, -0.1) is 0 Å². The lowest BCUT2D eigenvalue weighted by Gasteiger charge is -2.10. The van der Waals surface area contributed by atoms with Crippen molar-refractivity contribution >= 4 is 46.6 Å². The minimum atomic E-state index is -0.525. The predicted molar refractivity (Wildman–Crippen MR) is 103 cm³/mol. The number of alkyl carbamates (subject to hydrolysis) is 1. The third-order valence-corrected chi connectivity index (χ3v) is 4.15. The van der Waals surface area contributed by atoms with Crippen LogP contribution in [0.1, 0.15) is 18.4 Å². The molecule has 26 heavy (non-hydrogen) atoms. The van der Waals surface area contributed by atoms with E-state index in [0.717, 1.165) is 5.56 Å². The van der Waals surface area contributed by atoms with Gasteiger partial charge in [-0.25, -0.2) is 4.79 Å². The summed E-state index contributed by atoms with van der Waals surface area (Å²) in [6.45, 7) is 0.516. The highest BCUT2D eigenvalue weighted by Crippen LogP contribution is 2.30. The summed E-state index contributed by atoms with van der Waals surface area (Å²) in [6, 6.07) is 12.3. The van der Waals surface area contributed by atoms with Gasteiger partial charge in [0.2, 0.25) is 5.91 Å². The molecule has 0 heterocycles. The maximum atomic E-state index is 11.9. The van der Waals surface area contributed by atoms with Gasteiger partial charge in [-0.3, -0.25) is 4.79 Å². The van der Waals surface area contributed by atoms with Crippen molar-refractivity contribution in [3.63, 3.8) is 0 Å². The van der Waals surface area contributed by atoms with Gasteiger partial charge in [0.05, 0.1) is 21.4 Å². The van der Waals surface area contributed by atoms with Crippen LogP contribution >= 0.6 is 23.2 Å². The van der Waals surface area contributed by atoms with Crippen molar-refractivity contribution in [2.24, 2.45) is 0 Å². The first kappa shape index (κ1) is 19.9. The summed E-state index contributed by atoms with van der Waals surface area (Å²) >= 11 is 11.7. The SMILES string of the molecule is Nc1cc(Cl)c(Cl)cc1NC(=O)CCCNC(=O)OCc1ccccc1. The number of hydrogen-bond donors (Lipinski definition) is 3. The summed E-state index contributed by atoms with van der Waals surface area (Å²) in [6.07, 6.45) is 0.134. The van der Waals surface area contributed by atoms with Gasteiger partial charge in [0.15, 0.2) is 0 Å². The van der Waals surface area contributed by atoms with Crippen LogP contribution in [0.25, 0.3) is 0 Å². The average Bonchev–Trinajstić information content (AvgIpc) is 2.62. The quantitative estimate of drug-likeness (QED) is 0.483. The Hall–Kier alpha value is -2.44. The normalized spacial score (nSPS) is 10.2. The molecule has 6 nitrogen and oxygen atoms in total. The number of nitrogens with two attached hydrogens (primary N) is 1. The topological polar surface area (TPSA) is 93.5 Å². The van der Waals surface area contributed by atoms with E-state index in [0.29, 0.717) is 34.4 Å². The fourth-order valence-electron chi connectivity index (χ4n) is 2.10. The van der Waals surface area contributed by atoms with Gasteiger partial charge in [0.1, 0.15) is 6.61 Å². The van der Waals surface area contributed by atoms with Crippen LogP contribution < -0.4 is 16.4 Å². The summed E-state index contributed by atoms with van der Waals surface area (Å²) in [5.74, 6) is -0.241. The van der Waals surface area contributed by atoms with Crippen LogP contribution in [0, 0.1) is 0 Å². The van der Waals surface area contributed by atoms with Crippen LogP contribution in [0.2, 0.25) is 10.0 Å². The first-order valence-corrected chi connectivity index (χ1v) is 8.70. The smallest absolute Gasteiger partial charge is 0.407 e. The third kappa shape index (κ3) is 6.46. The molecule has 138 valence electrons. The second-order valence-electron chi connectivity index (χ2n) is 5.49. The summed E-state index contributed by atoms with van der Waals surface area (Å²) in [4.78, 5) is 23.5. The number of halogens is 2. The zero-order chi connectivity index (χ0) is 18.9. The number of anilines is 2. The lowest BCUT2D eigenvalue weighted by Crippen LogP contribution is -2.26. The van der Waals surface area contributed by atoms with Crippen molar-refractivity contribution in [1.82, 2.24) is 5.32 Å². The summed E-state index contributed by atoms with van der Waals surface area (Å²) in [7, 11) is 0. The van der Waals surface area contributed by atoms with Crippen LogP contribution in [-0.2, 0) is 16.1 Å². The highest BCUT2D eigenvalue weighted by Gasteiger charge is 2.09. The molecule has 0 atom stereocenters. The molecule has 0 fully saturated rings. The number of carbonyl (C=O) groups excluding carboxylic acids is 2.